The van der Waals surface area contributed by atoms with Gasteiger partial charge in [0.25, 0.3) is 5.91 Å². The number of hydrogen-bond acceptors (Lipinski definition) is 4. The summed E-state index contributed by atoms with van der Waals surface area (Å²) in [4.78, 5) is 37.1. The van der Waals surface area contributed by atoms with Crippen LogP contribution in [0.4, 0.5) is 5.69 Å². The van der Waals surface area contributed by atoms with Gasteiger partial charge in [0.15, 0.2) is 12.4 Å². The van der Waals surface area contributed by atoms with Gasteiger partial charge in [0, 0.05) is 11.1 Å². The van der Waals surface area contributed by atoms with E-state index >= 15 is 0 Å². The summed E-state index contributed by atoms with van der Waals surface area (Å²) in [7, 11) is 0. The molecule has 0 bridgehead atoms. The average molecular weight is 394 g/mol. The lowest BCUT2D eigenvalue weighted by atomic mass is 10.1. The topological polar surface area (TPSA) is 72.5 Å². The minimum Gasteiger partial charge on any atom is -0.454 e. The standard InChI is InChI=1S/C22H16ClNO4/c23-17-12-7-13-18(24-21(26)16-10-5-2-6-11-16)20(17)22(27)28-14-19(25)15-8-3-1-4-9-15/h1-13H,14H2,(H,24,26). The van der Waals surface area contributed by atoms with Crippen LogP contribution in [0.25, 0.3) is 0 Å². The minimum absolute atomic E-state index is 0.00527. The maximum Gasteiger partial charge on any atom is 0.342 e. The van der Waals surface area contributed by atoms with Crippen LogP contribution < -0.4 is 5.32 Å². The van der Waals surface area contributed by atoms with Crippen molar-refractivity contribution in [3.63, 3.8) is 0 Å². The molecule has 5 nitrogen and oxygen atoms in total. The zero-order valence-electron chi connectivity index (χ0n) is 14.7. The van der Waals surface area contributed by atoms with Crippen LogP contribution in [-0.4, -0.2) is 24.3 Å². The molecule has 3 rings (SSSR count). The number of halogens is 1. The molecule has 1 N–H and O–H groups in total. The molecule has 0 spiro atoms. The second kappa shape index (κ2) is 8.97. The molecule has 0 fully saturated rings. The predicted octanol–water partition coefficient (Wildman–Crippen LogP) is 4.63. The number of carbonyl (C=O) groups excluding carboxylic acids is 3. The summed E-state index contributed by atoms with van der Waals surface area (Å²) >= 11 is 6.15. The highest BCUT2D eigenvalue weighted by Crippen LogP contribution is 2.26. The quantitative estimate of drug-likeness (QED) is 0.489. The second-order valence-corrected chi connectivity index (χ2v) is 6.26. The van der Waals surface area contributed by atoms with Crippen molar-refractivity contribution in [3.8, 4) is 0 Å². The summed E-state index contributed by atoms with van der Waals surface area (Å²) in [5, 5.41) is 2.77. The number of esters is 1. The molecular formula is C22H16ClNO4. The maximum atomic E-state index is 12.5. The first-order chi connectivity index (χ1) is 13.6. The highest BCUT2D eigenvalue weighted by molar-refractivity contribution is 6.34. The maximum absolute atomic E-state index is 12.5. The van der Waals surface area contributed by atoms with Crippen LogP contribution in [0.15, 0.2) is 78.9 Å². The summed E-state index contributed by atoms with van der Waals surface area (Å²) in [6.45, 7) is -0.430. The molecule has 0 aromatic heterocycles. The van der Waals surface area contributed by atoms with Crippen LogP contribution in [0.3, 0.4) is 0 Å². The number of nitrogens with one attached hydrogen (secondary N) is 1. The van der Waals surface area contributed by atoms with Crippen molar-refractivity contribution in [2.24, 2.45) is 0 Å². The molecule has 3 aromatic rings. The van der Waals surface area contributed by atoms with Crippen LogP contribution in [0.1, 0.15) is 31.1 Å². The van der Waals surface area contributed by atoms with E-state index in [1.54, 1.807) is 72.8 Å². The van der Waals surface area contributed by atoms with Crippen LogP contribution in [0, 0.1) is 0 Å². The number of benzene rings is 3. The number of rotatable bonds is 6. The molecule has 140 valence electrons. The predicted molar refractivity (Wildman–Crippen MR) is 107 cm³/mol. The first-order valence-corrected chi connectivity index (χ1v) is 8.84. The van der Waals surface area contributed by atoms with Gasteiger partial charge in [-0.1, -0.05) is 66.2 Å². The number of Topliss-reactive ketones (excluding diaryl/α,β-unsaturated/α-hetero) is 1. The zero-order chi connectivity index (χ0) is 19.9. The van der Waals surface area contributed by atoms with E-state index in [2.05, 4.69) is 5.32 Å². The summed E-state index contributed by atoms with van der Waals surface area (Å²) in [5.74, 6) is -1.52. The highest BCUT2D eigenvalue weighted by atomic mass is 35.5. The number of ether oxygens (including phenoxy) is 1. The van der Waals surface area contributed by atoms with Gasteiger partial charge in [-0.2, -0.15) is 0 Å². The fourth-order valence-corrected chi connectivity index (χ4v) is 2.78. The first-order valence-electron chi connectivity index (χ1n) is 8.46. The van der Waals surface area contributed by atoms with Gasteiger partial charge in [0.05, 0.1) is 10.7 Å². The molecule has 3 aromatic carbocycles. The van der Waals surface area contributed by atoms with E-state index in [0.29, 0.717) is 11.1 Å². The Labute approximate surface area is 166 Å². The van der Waals surface area contributed by atoms with Gasteiger partial charge in [-0.3, -0.25) is 9.59 Å². The van der Waals surface area contributed by atoms with Crippen LogP contribution in [0.5, 0.6) is 0 Å². The first kappa shape index (κ1) is 19.3. The van der Waals surface area contributed by atoms with Gasteiger partial charge in [-0.05, 0) is 24.3 Å². The van der Waals surface area contributed by atoms with Gasteiger partial charge in [0.1, 0.15) is 5.56 Å². The summed E-state index contributed by atoms with van der Waals surface area (Å²) in [6, 6.07) is 21.7. The van der Waals surface area contributed by atoms with Gasteiger partial charge in [-0.15, -0.1) is 0 Å². The second-order valence-electron chi connectivity index (χ2n) is 5.85. The Bertz CT molecular complexity index is 1000. The van der Waals surface area contributed by atoms with E-state index in [4.69, 9.17) is 16.3 Å². The third-order valence-electron chi connectivity index (χ3n) is 3.93. The average Bonchev–Trinajstić information content (AvgIpc) is 2.73. The van der Waals surface area contributed by atoms with Crippen molar-refractivity contribution >= 4 is 34.9 Å². The van der Waals surface area contributed by atoms with E-state index in [1.807, 2.05) is 0 Å². The molecular weight excluding hydrogens is 378 g/mol. The third kappa shape index (κ3) is 4.64. The Kier molecular flexibility index (Phi) is 6.19. The van der Waals surface area contributed by atoms with Crippen molar-refractivity contribution in [3.05, 3.63) is 101 Å². The van der Waals surface area contributed by atoms with E-state index in [1.165, 1.54) is 6.07 Å². The summed E-state index contributed by atoms with van der Waals surface area (Å²) < 4.78 is 5.13. The van der Waals surface area contributed by atoms with E-state index in [0.717, 1.165) is 0 Å². The van der Waals surface area contributed by atoms with Crippen molar-refractivity contribution < 1.29 is 19.1 Å². The van der Waals surface area contributed by atoms with Crippen molar-refractivity contribution in [2.45, 2.75) is 0 Å². The van der Waals surface area contributed by atoms with Crippen molar-refractivity contribution in [1.29, 1.82) is 0 Å². The number of amides is 1. The highest BCUT2D eigenvalue weighted by Gasteiger charge is 2.20. The number of carbonyl (C=O) groups is 3. The van der Waals surface area contributed by atoms with E-state index in [9.17, 15) is 14.4 Å². The summed E-state index contributed by atoms with van der Waals surface area (Å²) in [6.07, 6.45) is 0. The molecule has 0 aliphatic heterocycles. The Morgan fingerprint density at radius 2 is 1.39 bits per heavy atom. The van der Waals surface area contributed by atoms with Crippen LogP contribution in [-0.2, 0) is 4.74 Å². The summed E-state index contributed by atoms with van der Waals surface area (Å²) in [5.41, 5.74) is 1.07. The molecule has 0 saturated heterocycles. The Hall–Kier alpha value is -3.44. The zero-order valence-corrected chi connectivity index (χ0v) is 15.5. The number of hydrogen-bond donors (Lipinski definition) is 1. The lowest BCUT2D eigenvalue weighted by Gasteiger charge is -2.12. The van der Waals surface area contributed by atoms with Crippen molar-refractivity contribution in [1.82, 2.24) is 0 Å². The Morgan fingerprint density at radius 1 is 0.786 bits per heavy atom. The molecule has 0 aliphatic rings. The largest absolute Gasteiger partial charge is 0.454 e. The molecule has 0 heterocycles. The van der Waals surface area contributed by atoms with Gasteiger partial charge >= 0.3 is 5.97 Å². The monoisotopic (exact) mass is 393 g/mol. The van der Waals surface area contributed by atoms with Gasteiger partial charge in [-0.25, -0.2) is 4.79 Å². The molecule has 0 radical (unpaired) electrons. The number of anilines is 1. The van der Waals surface area contributed by atoms with Crippen LogP contribution in [0.2, 0.25) is 5.02 Å². The van der Waals surface area contributed by atoms with Crippen LogP contribution >= 0.6 is 11.6 Å². The van der Waals surface area contributed by atoms with Gasteiger partial charge < -0.3 is 10.1 Å². The SMILES string of the molecule is O=C(COC(=O)c1c(Cl)cccc1NC(=O)c1ccccc1)c1ccccc1. The lowest BCUT2D eigenvalue weighted by Crippen LogP contribution is -2.18. The fraction of sp³-hybridized carbons (Fsp3) is 0.0455. The molecule has 6 heteroatoms. The molecule has 0 saturated carbocycles. The minimum atomic E-state index is -0.793. The third-order valence-corrected chi connectivity index (χ3v) is 4.25. The van der Waals surface area contributed by atoms with Gasteiger partial charge in [0.2, 0.25) is 0 Å². The van der Waals surface area contributed by atoms with E-state index in [-0.39, 0.29) is 22.1 Å². The molecule has 0 atom stereocenters. The lowest BCUT2D eigenvalue weighted by molar-refractivity contribution is 0.0476. The normalized spacial score (nSPS) is 10.2. The Balaban J connectivity index is 1.75. The fourth-order valence-electron chi connectivity index (χ4n) is 2.53. The molecule has 1 amide bonds. The smallest absolute Gasteiger partial charge is 0.342 e. The molecule has 0 aliphatic carbocycles. The number of ketones is 1. The molecule has 28 heavy (non-hydrogen) atoms. The van der Waals surface area contributed by atoms with Crippen molar-refractivity contribution in [2.75, 3.05) is 11.9 Å². The molecule has 0 unspecified atom stereocenters. The van der Waals surface area contributed by atoms with E-state index < -0.39 is 18.5 Å². The Morgan fingerprint density at radius 3 is 2.04 bits per heavy atom.